The number of hydrogen-bond donors (Lipinski definition) is 1. The van der Waals surface area contributed by atoms with Gasteiger partial charge in [0.25, 0.3) is 5.56 Å². The van der Waals surface area contributed by atoms with Crippen molar-refractivity contribution in [2.45, 2.75) is 27.3 Å². The zero-order valence-electron chi connectivity index (χ0n) is 15.3. The van der Waals surface area contributed by atoms with Crippen LogP contribution in [-0.4, -0.2) is 25.4 Å². The van der Waals surface area contributed by atoms with E-state index in [1.54, 1.807) is 32.9 Å². The molecule has 0 bridgehead atoms. The number of carbonyl (C=O) groups is 1. The van der Waals surface area contributed by atoms with Crippen molar-refractivity contribution >= 4 is 11.6 Å². The number of para-hydroxylation sites is 1. The summed E-state index contributed by atoms with van der Waals surface area (Å²) in [6.07, 6.45) is 1.35. The number of nitrogens with one attached hydrogen (secondary N) is 1. The second-order valence-electron chi connectivity index (χ2n) is 6.01. The highest BCUT2D eigenvalue weighted by Crippen LogP contribution is 2.23. The number of nitrogens with zero attached hydrogens (tertiary/aromatic N) is 4. The lowest BCUT2D eigenvalue weighted by Gasteiger charge is -2.13. The molecule has 0 aliphatic rings. The number of rotatable bonds is 5. The predicted molar refractivity (Wildman–Crippen MR) is 99.9 cm³/mol. The number of ether oxygens (including phenoxy) is 1. The van der Waals surface area contributed by atoms with Crippen LogP contribution in [0.25, 0.3) is 0 Å². The first-order chi connectivity index (χ1) is 12.9. The van der Waals surface area contributed by atoms with Gasteiger partial charge in [-0.05, 0) is 32.9 Å². The van der Waals surface area contributed by atoms with Crippen molar-refractivity contribution in [3.63, 3.8) is 0 Å². The monoisotopic (exact) mass is 365 g/mol. The summed E-state index contributed by atoms with van der Waals surface area (Å²) in [5.41, 5.74) is 1.94. The molecule has 3 rings (SSSR count). The van der Waals surface area contributed by atoms with Crippen LogP contribution in [0.15, 0.2) is 47.5 Å². The molecule has 138 valence electrons. The Morgan fingerprint density at radius 2 is 1.78 bits per heavy atom. The van der Waals surface area contributed by atoms with Gasteiger partial charge in [-0.25, -0.2) is 4.98 Å². The largest absolute Gasteiger partial charge is 0.424 e. The zero-order chi connectivity index (χ0) is 19.4. The van der Waals surface area contributed by atoms with Crippen molar-refractivity contribution < 1.29 is 9.53 Å². The first kappa shape index (κ1) is 18.2. The molecule has 0 radical (unpaired) electrons. The average Bonchev–Trinajstić information content (AvgIpc) is 2.61. The molecule has 0 fully saturated rings. The maximum absolute atomic E-state index is 12.3. The molecule has 1 N–H and O–H groups in total. The molecule has 8 heteroatoms. The lowest BCUT2D eigenvalue weighted by atomic mass is 10.3. The van der Waals surface area contributed by atoms with Crippen LogP contribution in [0.3, 0.4) is 0 Å². The van der Waals surface area contributed by atoms with Crippen molar-refractivity contribution in [2.75, 3.05) is 5.32 Å². The molecule has 0 aliphatic heterocycles. The van der Waals surface area contributed by atoms with Crippen LogP contribution < -0.4 is 15.6 Å². The normalized spacial score (nSPS) is 10.5. The van der Waals surface area contributed by atoms with Crippen molar-refractivity contribution in [1.82, 2.24) is 19.5 Å². The second kappa shape index (κ2) is 7.77. The molecule has 0 saturated carbocycles. The van der Waals surface area contributed by atoms with Crippen LogP contribution in [0.2, 0.25) is 0 Å². The molecule has 3 aromatic rings. The van der Waals surface area contributed by atoms with Crippen LogP contribution >= 0.6 is 0 Å². The minimum absolute atomic E-state index is 0.146. The molecule has 2 heterocycles. The van der Waals surface area contributed by atoms with Gasteiger partial charge in [0.05, 0.1) is 23.4 Å². The van der Waals surface area contributed by atoms with E-state index in [9.17, 15) is 9.59 Å². The number of amides is 1. The smallest absolute Gasteiger partial charge is 0.322 e. The first-order valence-electron chi connectivity index (χ1n) is 8.33. The Balaban J connectivity index is 1.74. The Kier molecular flexibility index (Phi) is 5.25. The Labute approximate surface area is 155 Å². The third kappa shape index (κ3) is 4.55. The highest BCUT2D eigenvalue weighted by molar-refractivity contribution is 5.91. The third-order valence-electron chi connectivity index (χ3n) is 3.80. The average molecular weight is 365 g/mol. The third-order valence-corrected chi connectivity index (χ3v) is 3.80. The molecule has 1 aromatic carbocycles. The molecule has 0 atom stereocenters. The van der Waals surface area contributed by atoms with Crippen molar-refractivity contribution in [2.24, 2.45) is 0 Å². The summed E-state index contributed by atoms with van der Waals surface area (Å²) in [4.78, 5) is 36.8. The summed E-state index contributed by atoms with van der Waals surface area (Å²) in [6.45, 7) is 5.08. The van der Waals surface area contributed by atoms with Gasteiger partial charge in [0.2, 0.25) is 5.91 Å². The van der Waals surface area contributed by atoms with Crippen molar-refractivity contribution in [3.05, 3.63) is 70.2 Å². The number of hydrogen-bond acceptors (Lipinski definition) is 6. The SMILES string of the molecule is Cc1cc(=O)n(CC(=O)Nc2c(C)nc(Oc3ccccc3)nc2C)cn1. The van der Waals surface area contributed by atoms with E-state index < -0.39 is 0 Å². The molecule has 27 heavy (non-hydrogen) atoms. The summed E-state index contributed by atoms with van der Waals surface area (Å²) in [5, 5.41) is 2.75. The predicted octanol–water partition coefficient (Wildman–Crippen LogP) is 2.39. The van der Waals surface area contributed by atoms with E-state index in [0.29, 0.717) is 28.5 Å². The lowest BCUT2D eigenvalue weighted by Crippen LogP contribution is -2.28. The molecular formula is C19H19N5O3. The van der Waals surface area contributed by atoms with Gasteiger partial charge >= 0.3 is 6.01 Å². The van der Waals surface area contributed by atoms with E-state index in [1.165, 1.54) is 17.0 Å². The molecular weight excluding hydrogens is 346 g/mol. The first-order valence-corrected chi connectivity index (χ1v) is 8.33. The molecule has 8 nitrogen and oxygen atoms in total. The minimum Gasteiger partial charge on any atom is -0.424 e. The number of aryl methyl sites for hydroxylation is 3. The fraction of sp³-hybridized carbons (Fsp3) is 0.211. The van der Waals surface area contributed by atoms with Crippen LogP contribution in [-0.2, 0) is 11.3 Å². The molecule has 2 aromatic heterocycles. The minimum atomic E-state index is -0.366. The van der Waals surface area contributed by atoms with Gasteiger partial charge in [-0.3, -0.25) is 14.2 Å². The number of aromatic nitrogens is 4. The Morgan fingerprint density at radius 1 is 1.11 bits per heavy atom. The van der Waals surface area contributed by atoms with Crippen molar-refractivity contribution in [3.8, 4) is 11.8 Å². The Hall–Kier alpha value is -3.55. The summed E-state index contributed by atoms with van der Waals surface area (Å²) in [5.74, 6) is 0.258. The maximum Gasteiger partial charge on any atom is 0.322 e. The second-order valence-corrected chi connectivity index (χ2v) is 6.01. The van der Waals surface area contributed by atoms with Gasteiger partial charge < -0.3 is 10.1 Å². The number of carbonyl (C=O) groups excluding carboxylic acids is 1. The van der Waals surface area contributed by atoms with Gasteiger partial charge in [-0.1, -0.05) is 18.2 Å². The lowest BCUT2D eigenvalue weighted by molar-refractivity contribution is -0.116. The van der Waals surface area contributed by atoms with Gasteiger partial charge in [0, 0.05) is 11.8 Å². The molecule has 0 aliphatic carbocycles. The highest BCUT2D eigenvalue weighted by Gasteiger charge is 2.14. The van der Waals surface area contributed by atoms with Crippen LogP contribution in [0, 0.1) is 20.8 Å². The number of anilines is 1. The van der Waals surface area contributed by atoms with E-state index in [-0.39, 0.29) is 24.0 Å². The van der Waals surface area contributed by atoms with Crippen LogP contribution in [0.5, 0.6) is 11.8 Å². The quantitative estimate of drug-likeness (QED) is 0.745. The number of benzene rings is 1. The summed E-state index contributed by atoms with van der Waals surface area (Å²) in [7, 11) is 0. The molecule has 0 saturated heterocycles. The van der Waals surface area contributed by atoms with E-state index in [4.69, 9.17) is 4.74 Å². The van der Waals surface area contributed by atoms with Crippen LogP contribution in [0.4, 0.5) is 5.69 Å². The molecule has 1 amide bonds. The van der Waals surface area contributed by atoms with E-state index >= 15 is 0 Å². The summed E-state index contributed by atoms with van der Waals surface area (Å²) in [6, 6.07) is 10.8. The Morgan fingerprint density at radius 3 is 2.41 bits per heavy atom. The fourth-order valence-corrected chi connectivity index (χ4v) is 2.47. The van der Waals surface area contributed by atoms with E-state index in [1.807, 2.05) is 18.2 Å². The topological polar surface area (TPSA) is 99.0 Å². The maximum atomic E-state index is 12.3. The van der Waals surface area contributed by atoms with E-state index in [0.717, 1.165) is 0 Å². The van der Waals surface area contributed by atoms with Gasteiger partial charge in [-0.2, -0.15) is 9.97 Å². The zero-order valence-corrected chi connectivity index (χ0v) is 15.3. The van der Waals surface area contributed by atoms with E-state index in [2.05, 4.69) is 20.3 Å². The van der Waals surface area contributed by atoms with Gasteiger partial charge in [0.1, 0.15) is 12.3 Å². The van der Waals surface area contributed by atoms with Gasteiger partial charge in [0.15, 0.2) is 0 Å². The van der Waals surface area contributed by atoms with Gasteiger partial charge in [-0.15, -0.1) is 0 Å². The summed E-state index contributed by atoms with van der Waals surface area (Å²) >= 11 is 0. The molecule has 0 spiro atoms. The van der Waals surface area contributed by atoms with Crippen molar-refractivity contribution in [1.29, 1.82) is 0 Å². The van der Waals surface area contributed by atoms with Crippen LogP contribution in [0.1, 0.15) is 17.1 Å². The Bertz CT molecular complexity index is 1010. The summed E-state index contributed by atoms with van der Waals surface area (Å²) < 4.78 is 6.87. The fourth-order valence-electron chi connectivity index (χ4n) is 2.47. The molecule has 0 unspecified atom stereocenters. The standard InChI is InChI=1S/C19H19N5O3/c1-12-9-17(26)24(11-20-12)10-16(25)23-18-13(2)21-19(22-14(18)3)27-15-7-5-4-6-8-15/h4-9,11H,10H2,1-3H3,(H,23,25). The highest BCUT2D eigenvalue weighted by atomic mass is 16.5.